The molecule has 0 aliphatic carbocycles. The van der Waals surface area contributed by atoms with Gasteiger partial charge in [-0.1, -0.05) is 0 Å². The number of halogens is 1. The number of nitrogen functional groups attached to an aromatic ring is 1. The van der Waals surface area contributed by atoms with Crippen LogP contribution in [0, 0.1) is 0 Å². The Bertz CT molecular complexity index is 699. The topological polar surface area (TPSA) is 87.9 Å². The van der Waals surface area contributed by atoms with E-state index in [-0.39, 0.29) is 11.5 Å². The first-order valence-corrected chi connectivity index (χ1v) is 7.10. The first kappa shape index (κ1) is 13.3. The van der Waals surface area contributed by atoms with Crippen LogP contribution in [0.25, 0.3) is 0 Å². The van der Waals surface area contributed by atoms with Crippen molar-refractivity contribution in [1.82, 2.24) is 19.9 Å². The van der Waals surface area contributed by atoms with Gasteiger partial charge in [-0.05, 0) is 27.6 Å². The normalized spacial score (nSPS) is 15.1. The van der Waals surface area contributed by atoms with Gasteiger partial charge in [-0.2, -0.15) is 0 Å². The fourth-order valence-electron chi connectivity index (χ4n) is 2.44. The van der Waals surface area contributed by atoms with E-state index in [4.69, 9.17) is 5.73 Å². The van der Waals surface area contributed by atoms with E-state index in [1.54, 1.807) is 6.20 Å². The molecule has 6 nitrogen and oxygen atoms in total. The molecule has 0 saturated heterocycles. The summed E-state index contributed by atoms with van der Waals surface area (Å²) in [5, 5.41) is 0. The second kappa shape index (κ2) is 5.34. The molecule has 104 valence electrons. The summed E-state index contributed by atoms with van der Waals surface area (Å²) in [7, 11) is 0. The molecule has 3 N–H and O–H groups in total. The number of H-pyrrole nitrogens is 1. The zero-order valence-electron chi connectivity index (χ0n) is 10.8. The molecule has 0 spiro atoms. The smallest absolute Gasteiger partial charge is 0.257 e. The van der Waals surface area contributed by atoms with Gasteiger partial charge in [0.25, 0.3) is 5.56 Å². The average Bonchev–Trinajstić information content (AvgIpc) is 2.39. The summed E-state index contributed by atoms with van der Waals surface area (Å²) in [4.78, 5) is 25.0. The van der Waals surface area contributed by atoms with Crippen LogP contribution in [0.4, 0.5) is 5.95 Å². The maximum Gasteiger partial charge on any atom is 0.257 e. The van der Waals surface area contributed by atoms with Crippen LogP contribution in [-0.2, 0) is 19.5 Å². The van der Waals surface area contributed by atoms with Crippen LogP contribution in [0.15, 0.2) is 27.7 Å². The maximum absolute atomic E-state index is 11.9. The van der Waals surface area contributed by atoms with Crippen LogP contribution in [0.3, 0.4) is 0 Å². The van der Waals surface area contributed by atoms with Crippen LogP contribution in [0.1, 0.15) is 16.8 Å². The Hall–Kier alpha value is -1.73. The fourth-order valence-corrected chi connectivity index (χ4v) is 2.85. The van der Waals surface area contributed by atoms with E-state index < -0.39 is 0 Å². The van der Waals surface area contributed by atoms with Gasteiger partial charge in [0.05, 0.1) is 11.3 Å². The lowest BCUT2D eigenvalue weighted by atomic mass is 10.1. The highest BCUT2D eigenvalue weighted by atomic mass is 79.9. The number of aromatic nitrogens is 3. The lowest BCUT2D eigenvalue weighted by molar-refractivity contribution is 0.241. The summed E-state index contributed by atoms with van der Waals surface area (Å²) in [6.45, 7) is 2.20. The van der Waals surface area contributed by atoms with Crippen molar-refractivity contribution < 1.29 is 0 Å². The van der Waals surface area contributed by atoms with E-state index in [9.17, 15) is 4.79 Å². The number of fused-ring (bicyclic) bond motifs is 1. The van der Waals surface area contributed by atoms with Crippen molar-refractivity contribution in [3.05, 3.63) is 50.1 Å². The van der Waals surface area contributed by atoms with Gasteiger partial charge < -0.3 is 5.73 Å². The molecule has 0 atom stereocenters. The van der Waals surface area contributed by atoms with E-state index in [1.165, 1.54) is 0 Å². The Morgan fingerprint density at radius 3 is 3.10 bits per heavy atom. The van der Waals surface area contributed by atoms with Crippen molar-refractivity contribution in [3.8, 4) is 0 Å². The quantitative estimate of drug-likeness (QED) is 0.856. The largest absolute Gasteiger partial charge is 0.369 e. The minimum absolute atomic E-state index is 0.135. The Balaban J connectivity index is 1.81. The molecule has 0 bridgehead atoms. The van der Waals surface area contributed by atoms with E-state index in [0.29, 0.717) is 12.1 Å². The van der Waals surface area contributed by atoms with E-state index in [1.807, 2.05) is 12.3 Å². The molecule has 0 amide bonds. The molecule has 7 heteroatoms. The summed E-state index contributed by atoms with van der Waals surface area (Å²) in [5.41, 5.74) is 8.07. The van der Waals surface area contributed by atoms with Crippen LogP contribution in [0.5, 0.6) is 0 Å². The first-order valence-electron chi connectivity index (χ1n) is 6.31. The predicted octanol–water partition coefficient (Wildman–Crippen LogP) is 1.07. The minimum Gasteiger partial charge on any atom is -0.369 e. The van der Waals surface area contributed by atoms with Crippen molar-refractivity contribution in [2.24, 2.45) is 0 Å². The molecule has 1 aliphatic heterocycles. The molecule has 3 heterocycles. The highest BCUT2D eigenvalue weighted by molar-refractivity contribution is 9.10. The molecular weight excluding hydrogens is 322 g/mol. The van der Waals surface area contributed by atoms with Crippen molar-refractivity contribution >= 4 is 21.9 Å². The van der Waals surface area contributed by atoms with E-state index in [0.717, 1.165) is 35.2 Å². The number of nitrogens with two attached hydrogens (primary N) is 1. The van der Waals surface area contributed by atoms with Gasteiger partial charge in [0.1, 0.15) is 0 Å². The lowest BCUT2D eigenvalue weighted by Crippen LogP contribution is -2.35. The summed E-state index contributed by atoms with van der Waals surface area (Å²) in [6, 6.07) is 2.04. The van der Waals surface area contributed by atoms with Gasteiger partial charge in [0.15, 0.2) is 0 Å². The number of anilines is 1. The maximum atomic E-state index is 11.9. The van der Waals surface area contributed by atoms with Gasteiger partial charge in [-0.25, -0.2) is 4.98 Å². The number of aromatic amines is 1. The summed E-state index contributed by atoms with van der Waals surface area (Å²) in [6.07, 6.45) is 4.34. The predicted molar refractivity (Wildman–Crippen MR) is 79.0 cm³/mol. The standard InChI is InChI=1S/C13H14BrN5O/c14-9-3-8(4-16-5-9)6-19-2-1-11-10(7-19)12(20)18-13(15)17-11/h3-5H,1-2,6-7H2,(H3,15,17,18,20). The summed E-state index contributed by atoms with van der Waals surface area (Å²) < 4.78 is 0.958. The second-order valence-corrected chi connectivity index (χ2v) is 5.76. The third-order valence-electron chi connectivity index (χ3n) is 3.33. The van der Waals surface area contributed by atoms with Crippen LogP contribution < -0.4 is 11.3 Å². The van der Waals surface area contributed by atoms with Gasteiger partial charge >= 0.3 is 0 Å². The first-order chi connectivity index (χ1) is 9.61. The van der Waals surface area contributed by atoms with Crippen LogP contribution in [0.2, 0.25) is 0 Å². The molecular formula is C13H14BrN5O. The van der Waals surface area contributed by atoms with E-state index >= 15 is 0 Å². The number of hydrogen-bond donors (Lipinski definition) is 2. The summed E-state index contributed by atoms with van der Waals surface area (Å²) >= 11 is 3.41. The van der Waals surface area contributed by atoms with Crippen molar-refractivity contribution in [2.45, 2.75) is 19.5 Å². The number of nitrogens with one attached hydrogen (secondary N) is 1. The monoisotopic (exact) mass is 335 g/mol. The Morgan fingerprint density at radius 1 is 1.45 bits per heavy atom. The van der Waals surface area contributed by atoms with Crippen molar-refractivity contribution in [1.29, 1.82) is 0 Å². The molecule has 0 fully saturated rings. The zero-order chi connectivity index (χ0) is 14.1. The minimum atomic E-state index is -0.135. The molecule has 0 radical (unpaired) electrons. The summed E-state index contributed by atoms with van der Waals surface area (Å²) in [5.74, 6) is 0.193. The Kier molecular flexibility index (Phi) is 3.54. The molecule has 2 aromatic rings. The average molecular weight is 336 g/mol. The number of rotatable bonds is 2. The van der Waals surface area contributed by atoms with Crippen LogP contribution in [-0.4, -0.2) is 26.4 Å². The molecule has 3 rings (SSSR count). The molecule has 0 aromatic carbocycles. The van der Waals surface area contributed by atoms with Gasteiger partial charge in [-0.3, -0.25) is 19.7 Å². The van der Waals surface area contributed by atoms with Crippen molar-refractivity contribution in [2.75, 3.05) is 12.3 Å². The van der Waals surface area contributed by atoms with Gasteiger partial charge in [0, 0.05) is 42.9 Å². The Morgan fingerprint density at radius 2 is 2.30 bits per heavy atom. The van der Waals surface area contributed by atoms with Gasteiger partial charge in [-0.15, -0.1) is 0 Å². The lowest BCUT2D eigenvalue weighted by Gasteiger charge is -2.27. The zero-order valence-corrected chi connectivity index (χ0v) is 12.4. The second-order valence-electron chi connectivity index (χ2n) is 4.85. The molecule has 1 aliphatic rings. The van der Waals surface area contributed by atoms with E-state index in [2.05, 4.69) is 35.8 Å². The number of pyridine rings is 1. The molecule has 2 aromatic heterocycles. The van der Waals surface area contributed by atoms with Gasteiger partial charge in [0.2, 0.25) is 5.95 Å². The molecule has 20 heavy (non-hydrogen) atoms. The third kappa shape index (κ3) is 2.73. The van der Waals surface area contributed by atoms with Crippen molar-refractivity contribution in [3.63, 3.8) is 0 Å². The Labute approximate surface area is 124 Å². The highest BCUT2D eigenvalue weighted by Crippen LogP contribution is 2.17. The van der Waals surface area contributed by atoms with Crippen LogP contribution >= 0.6 is 15.9 Å². The number of hydrogen-bond acceptors (Lipinski definition) is 5. The highest BCUT2D eigenvalue weighted by Gasteiger charge is 2.20. The molecule has 0 unspecified atom stereocenters. The molecule has 0 saturated carbocycles. The number of nitrogens with zero attached hydrogens (tertiary/aromatic N) is 3. The third-order valence-corrected chi connectivity index (χ3v) is 3.77. The SMILES string of the molecule is Nc1nc2c(c(=O)[nH]1)CN(Cc1cncc(Br)c1)CC2. The fraction of sp³-hybridized carbons (Fsp3) is 0.308.